The second-order valence-corrected chi connectivity index (χ2v) is 7.24. The molecule has 9 nitrogen and oxygen atoms in total. The normalized spacial score (nSPS) is 23.5. The molecule has 0 saturated carbocycles. The Bertz CT molecular complexity index is 712. The van der Waals surface area contributed by atoms with Crippen molar-refractivity contribution < 1.29 is 24.9 Å². The fourth-order valence-corrected chi connectivity index (χ4v) is 3.38. The molecule has 2 unspecified atom stereocenters. The average molecular weight is 378 g/mol. The Labute approximate surface area is 157 Å². The Morgan fingerprint density at radius 1 is 1.22 bits per heavy atom. The van der Waals surface area contributed by atoms with Gasteiger partial charge in [0.05, 0.1) is 5.56 Å². The number of piperidine rings is 1. The van der Waals surface area contributed by atoms with Crippen molar-refractivity contribution in [1.82, 2.24) is 9.97 Å². The van der Waals surface area contributed by atoms with Crippen LogP contribution < -0.4 is 9.96 Å². The minimum Gasteiger partial charge on any atom is -0.633 e. The number of carboxylic acids is 2. The van der Waals surface area contributed by atoms with Crippen LogP contribution in [0.15, 0.2) is 18.3 Å². The number of hydroxylamine groups is 2. The van der Waals surface area contributed by atoms with Gasteiger partial charge in [-0.3, -0.25) is 0 Å². The number of carboxylic acid groups (broad SMARTS) is 2. The summed E-state index contributed by atoms with van der Waals surface area (Å²) in [6, 6.07) is -0.100. The van der Waals surface area contributed by atoms with Crippen LogP contribution in [0.25, 0.3) is 0 Å². The molecule has 3 heterocycles. The zero-order chi connectivity index (χ0) is 20.2. The first-order valence-corrected chi connectivity index (χ1v) is 8.95. The van der Waals surface area contributed by atoms with Gasteiger partial charge in [-0.1, -0.05) is 0 Å². The van der Waals surface area contributed by atoms with Gasteiger partial charge >= 0.3 is 11.9 Å². The highest BCUT2D eigenvalue weighted by molar-refractivity contribution is 5.89. The van der Waals surface area contributed by atoms with Crippen molar-refractivity contribution in [3.63, 3.8) is 0 Å². The molecule has 1 fully saturated rings. The molecule has 3 N–H and O–H groups in total. The van der Waals surface area contributed by atoms with Gasteiger partial charge in [0, 0.05) is 31.4 Å². The van der Waals surface area contributed by atoms with E-state index in [1.165, 1.54) is 19.3 Å². The smallest absolute Gasteiger partial charge is 0.328 e. The largest absolute Gasteiger partial charge is 0.633 e. The van der Waals surface area contributed by atoms with E-state index >= 15 is 0 Å². The minimum absolute atomic E-state index is 0.100. The van der Waals surface area contributed by atoms with E-state index in [2.05, 4.69) is 9.88 Å². The second kappa shape index (κ2) is 8.45. The predicted octanol–water partition coefficient (Wildman–Crippen LogP) is 0.871. The number of nitrogens with one attached hydrogen (secondary N) is 1. The molecule has 1 aromatic rings. The number of nitrogens with zero attached hydrogens (tertiary/aromatic N) is 3. The maximum atomic E-state index is 12.3. The van der Waals surface area contributed by atoms with Crippen molar-refractivity contribution in [2.45, 2.75) is 51.6 Å². The molecule has 0 aromatic carbocycles. The molecule has 27 heavy (non-hydrogen) atoms. The summed E-state index contributed by atoms with van der Waals surface area (Å²) >= 11 is 0. The monoisotopic (exact) mass is 378 g/mol. The van der Waals surface area contributed by atoms with Crippen molar-refractivity contribution in [3.05, 3.63) is 34.8 Å². The topological polar surface area (TPSA) is 131 Å². The molecule has 1 aromatic heterocycles. The zero-order valence-electron chi connectivity index (χ0n) is 15.8. The van der Waals surface area contributed by atoms with Gasteiger partial charge in [-0.15, -0.1) is 0 Å². The van der Waals surface area contributed by atoms with Crippen LogP contribution in [0.2, 0.25) is 0 Å². The van der Waals surface area contributed by atoms with Gasteiger partial charge in [0.1, 0.15) is 17.3 Å². The highest BCUT2D eigenvalue weighted by Gasteiger charge is 2.44. The van der Waals surface area contributed by atoms with Crippen LogP contribution in [-0.4, -0.2) is 45.2 Å². The molecule has 2 aliphatic rings. The van der Waals surface area contributed by atoms with Crippen molar-refractivity contribution in [2.75, 3.05) is 18.0 Å². The summed E-state index contributed by atoms with van der Waals surface area (Å²) in [5.74, 6) is -1.71. The molecule has 1 saturated heterocycles. The van der Waals surface area contributed by atoms with Crippen LogP contribution in [0.4, 0.5) is 5.95 Å². The van der Waals surface area contributed by atoms with E-state index in [9.17, 15) is 14.8 Å². The van der Waals surface area contributed by atoms with Crippen molar-refractivity contribution >= 4 is 17.9 Å². The predicted molar refractivity (Wildman–Crippen MR) is 98.3 cm³/mol. The van der Waals surface area contributed by atoms with Gasteiger partial charge in [-0.25, -0.2) is 19.6 Å². The summed E-state index contributed by atoms with van der Waals surface area (Å²) in [5, 5.41) is 28.2. The molecular weight excluding hydrogens is 352 g/mol. The van der Waals surface area contributed by atoms with Gasteiger partial charge in [0.25, 0.3) is 0 Å². The Morgan fingerprint density at radius 3 is 2.30 bits per heavy atom. The Kier molecular flexibility index (Phi) is 6.50. The summed E-state index contributed by atoms with van der Waals surface area (Å²) in [5.41, 5.74) is 1.51. The van der Waals surface area contributed by atoms with Gasteiger partial charge in [-0.05, 0) is 40.0 Å². The van der Waals surface area contributed by atoms with Crippen LogP contribution in [0.1, 0.15) is 57.3 Å². The van der Waals surface area contributed by atoms with E-state index < -0.39 is 17.5 Å². The van der Waals surface area contributed by atoms with Gasteiger partial charge in [0.15, 0.2) is 0 Å². The highest BCUT2D eigenvalue weighted by Crippen LogP contribution is 2.31. The SMILES string of the molecule is CC1c2nc(N3CCCCC3)ncc2C(C)(C)[NH+]1[O-].O=C(O)/C=C\C(=O)O. The standard InChI is InChI=1S/C14H22N4O.C4H4O4/c1-10-12-11(14(2,3)18(10)19)9-15-13(16-12)17-7-5-4-6-8-17;5-3(6)1-2-4(7)8/h9-10,18H,4-8H2,1-3H3;1-2H,(H,5,6)(H,7,8)/b;2-1-. The third-order valence-electron chi connectivity index (χ3n) is 4.91. The summed E-state index contributed by atoms with van der Waals surface area (Å²) in [7, 11) is 0. The van der Waals surface area contributed by atoms with Crippen molar-refractivity contribution in [2.24, 2.45) is 0 Å². The quantitative estimate of drug-likeness (QED) is 0.522. The zero-order valence-corrected chi connectivity index (χ0v) is 15.8. The number of aromatic nitrogens is 2. The average Bonchev–Trinajstić information content (AvgIpc) is 2.81. The first-order chi connectivity index (χ1) is 12.6. The lowest BCUT2D eigenvalue weighted by Gasteiger charge is -2.34. The summed E-state index contributed by atoms with van der Waals surface area (Å²) in [4.78, 5) is 30.5. The number of hydrogen-bond donors (Lipinski definition) is 3. The van der Waals surface area contributed by atoms with Crippen LogP contribution in [0.3, 0.4) is 0 Å². The van der Waals surface area contributed by atoms with E-state index in [1.54, 1.807) is 0 Å². The summed E-state index contributed by atoms with van der Waals surface area (Å²) in [6.07, 6.45) is 6.70. The molecule has 2 atom stereocenters. The number of aliphatic carboxylic acids is 2. The first kappa shape index (κ1) is 20.8. The molecule has 9 heteroatoms. The van der Waals surface area contributed by atoms with E-state index in [-0.39, 0.29) is 11.1 Å². The van der Waals surface area contributed by atoms with Crippen LogP contribution in [0.5, 0.6) is 0 Å². The molecule has 148 valence electrons. The van der Waals surface area contributed by atoms with E-state index in [0.29, 0.717) is 12.2 Å². The fraction of sp³-hybridized carbons (Fsp3) is 0.556. The van der Waals surface area contributed by atoms with Crippen LogP contribution in [0, 0.1) is 5.21 Å². The Balaban J connectivity index is 0.000000279. The summed E-state index contributed by atoms with van der Waals surface area (Å²) in [6.45, 7) is 7.97. The number of anilines is 1. The Morgan fingerprint density at radius 2 is 1.78 bits per heavy atom. The molecule has 2 aliphatic heterocycles. The molecule has 0 radical (unpaired) electrons. The molecule has 3 rings (SSSR count). The van der Waals surface area contributed by atoms with Gasteiger partial charge in [-0.2, -0.15) is 0 Å². The van der Waals surface area contributed by atoms with E-state index in [0.717, 1.165) is 30.3 Å². The van der Waals surface area contributed by atoms with E-state index in [1.807, 2.05) is 27.0 Å². The number of rotatable bonds is 3. The maximum absolute atomic E-state index is 12.3. The maximum Gasteiger partial charge on any atom is 0.328 e. The lowest BCUT2D eigenvalue weighted by atomic mass is 9.98. The van der Waals surface area contributed by atoms with Crippen LogP contribution >= 0.6 is 0 Å². The number of hydrogen-bond acceptors (Lipinski definition) is 6. The Hall–Kier alpha value is -2.52. The lowest BCUT2D eigenvalue weighted by molar-refractivity contribution is -0.929. The third-order valence-corrected chi connectivity index (χ3v) is 4.91. The summed E-state index contributed by atoms with van der Waals surface area (Å²) < 4.78 is 0. The van der Waals surface area contributed by atoms with Crippen molar-refractivity contribution in [1.29, 1.82) is 0 Å². The van der Waals surface area contributed by atoms with Crippen molar-refractivity contribution in [3.8, 4) is 0 Å². The lowest BCUT2D eigenvalue weighted by Crippen LogP contribution is -3.11. The molecule has 0 amide bonds. The van der Waals surface area contributed by atoms with Gasteiger partial charge in [0.2, 0.25) is 5.95 Å². The second-order valence-electron chi connectivity index (χ2n) is 7.24. The minimum atomic E-state index is -1.26. The third kappa shape index (κ3) is 4.81. The number of carbonyl (C=O) groups is 2. The van der Waals surface area contributed by atoms with Gasteiger partial charge < -0.3 is 25.4 Å². The highest BCUT2D eigenvalue weighted by atomic mass is 16.5. The molecule has 0 spiro atoms. The molecule has 0 aliphatic carbocycles. The van der Waals surface area contributed by atoms with E-state index in [4.69, 9.17) is 15.2 Å². The number of fused-ring (bicyclic) bond motifs is 1. The molecular formula is C18H26N4O5. The number of quaternary nitrogens is 1. The first-order valence-electron chi connectivity index (χ1n) is 8.95. The van der Waals surface area contributed by atoms with Crippen LogP contribution in [-0.2, 0) is 15.1 Å². The molecule has 0 bridgehead atoms. The fourth-order valence-electron chi connectivity index (χ4n) is 3.38.